The van der Waals surface area contributed by atoms with E-state index in [1.165, 1.54) is 5.56 Å². The van der Waals surface area contributed by atoms with Crippen LogP contribution in [0.5, 0.6) is 0 Å². The second kappa shape index (κ2) is 4.63. The Balaban J connectivity index is 2.24. The van der Waals surface area contributed by atoms with Crippen molar-refractivity contribution in [3.05, 3.63) is 34.9 Å². The number of rotatable bonds is 3. The first-order chi connectivity index (χ1) is 7.68. The van der Waals surface area contributed by atoms with Gasteiger partial charge < -0.3 is 15.6 Å². The van der Waals surface area contributed by atoms with E-state index in [4.69, 9.17) is 15.6 Å². The molecule has 0 spiro atoms. The first-order valence-electron chi connectivity index (χ1n) is 5.34. The maximum absolute atomic E-state index is 10.7. The van der Waals surface area contributed by atoms with Gasteiger partial charge in [-0.15, -0.1) is 0 Å². The maximum Gasteiger partial charge on any atom is 0.320 e. The van der Waals surface area contributed by atoms with E-state index in [0.717, 1.165) is 24.2 Å². The first-order valence-corrected chi connectivity index (χ1v) is 5.34. The molecule has 1 atom stereocenters. The lowest BCUT2D eigenvalue weighted by molar-refractivity contribution is -0.138. The lowest BCUT2D eigenvalue weighted by Crippen LogP contribution is -2.33. The van der Waals surface area contributed by atoms with Crippen molar-refractivity contribution in [2.24, 2.45) is 5.73 Å². The molecule has 1 aromatic rings. The first kappa shape index (κ1) is 11.1. The van der Waals surface area contributed by atoms with Gasteiger partial charge in [0, 0.05) is 0 Å². The average Bonchev–Trinajstić information content (AvgIpc) is 2.29. The summed E-state index contributed by atoms with van der Waals surface area (Å²) in [6, 6.07) is 5.10. The van der Waals surface area contributed by atoms with E-state index in [2.05, 4.69) is 6.07 Å². The van der Waals surface area contributed by atoms with Crippen LogP contribution < -0.4 is 5.73 Å². The highest BCUT2D eigenvalue weighted by Crippen LogP contribution is 2.21. The van der Waals surface area contributed by atoms with Crippen LogP contribution in [0.1, 0.15) is 16.7 Å². The number of hydrogen-bond acceptors (Lipinski definition) is 3. The fraction of sp³-hybridized carbons (Fsp3) is 0.417. The van der Waals surface area contributed by atoms with Crippen LogP contribution in [-0.2, 0) is 29.0 Å². The Kier molecular flexibility index (Phi) is 3.22. The van der Waals surface area contributed by atoms with Gasteiger partial charge >= 0.3 is 5.97 Å². The second-order valence-electron chi connectivity index (χ2n) is 4.01. The largest absolute Gasteiger partial charge is 0.480 e. The van der Waals surface area contributed by atoms with Crippen molar-refractivity contribution < 1.29 is 14.6 Å². The van der Waals surface area contributed by atoms with Gasteiger partial charge in [-0.25, -0.2) is 0 Å². The Labute approximate surface area is 94.0 Å². The van der Waals surface area contributed by atoms with Gasteiger partial charge in [-0.05, 0) is 29.5 Å². The predicted molar refractivity (Wildman–Crippen MR) is 59.1 cm³/mol. The van der Waals surface area contributed by atoms with E-state index < -0.39 is 12.0 Å². The number of aliphatic carboxylic acids is 1. The van der Waals surface area contributed by atoms with Crippen LogP contribution in [0.4, 0.5) is 0 Å². The molecule has 4 heteroatoms. The fourth-order valence-corrected chi connectivity index (χ4v) is 1.98. The molecule has 1 heterocycles. The highest BCUT2D eigenvalue weighted by molar-refractivity contribution is 5.73. The minimum atomic E-state index is -0.964. The zero-order chi connectivity index (χ0) is 11.5. The van der Waals surface area contributed by atoms with Crippen LogP contribution in [0.25, 0.3) is 0 Å². The Hall–Kier alpha value is -1.39. The van der Waals surface area contributed by atoms with E-state index in [1.54, 1.807) is 0 Å². The Bertz CT molecular complexity index is 403. The molecule has 0 saturated carbocycles. The summed E-state index contributed by atoms with van der Waals surface area (Å²) in [5.41, 5.74) is 8.90. The molecule has 0 radical (unpaired) electrons. The van der Waals surface area contributed by atoms with Crippen LogP contribution in [0.3, 0.4) is 0 Å². The topological polar surface area (TPSA) is 72.5 Å². The van der Waals surface area contributed by atoms with E-state index in [1.807, 2.05) is 12.1 Å². The van der Waals surface area contributed by atoms with Gasteiger partial charge in [0.25, 0.3) is 0 Å². The average molecular weight is 221 g/mol. The summed E-state index contributed by atoms with van der Waals surface area (Å²) in [5.74, 6) is -0.964. The quantitative estimate of drug-likeness (QED) is 0.788. The Morgan fingerprint density at radius 1 is 1.56 bits per heavy atom. The summed E-state index contributed by atoms with van der Waals surface area (Å²) in [6.45, 7) is 1.30. The summed E-state index contributed by atoms with van der Waals surface area (Å²) in [4.78, 5) is 10.7. The molecule has 4 nitrogen and oxygen atoms in total. The summed E-state index contributed by atoms with van der Waals surface area (Å²) in [5, 5.41) is 8.79. The molecule has 1 aliphatic rings. The van der Waals surface area contributed by atoms with Crippen molar-refractivity contribution in [3.8, 4) is 0 Å². The lowest BCUT2D eigenvalue weighted by atomic mass is 9.94. The minimum Gasteiger partial charge on any atom is -0.480 e. The summed E-state index contributed by atoms with van der Waals surface area (Å²) < 4.78 is 5.39. The number of carboxylic acid groups (broad SMARTS) is 1. The third-order valence-electron chi connectivity index (χ3n) is 2.89. The number of ether oxygens (including phenoxy) is 1. The molecular formula is C12H15NO3. The number of hydrogen-bond donors (Lipinski definition) is 2. The molecular weight excluding hydrogens is 206 g/mol. The monoisotopic (exact) mass is 221 g/mol. The normalized spacial score (nSPS) is 16.6. The van der Waals surface area contributed by atoms with Gasteiger partial charge in [0.15, 0.2) is 0 Å². The molecule has 1 aliphatic heterocycles. The van der Waals surface area contributed by atoms with Crippen LogP contribution in [-0.4, -0.2) is 23.7 Å². The van der Waals surface area contributed by atoms with Crippen molar-refractivity contribution >= 4 is 5.97 Å². The fourth-order valence-electron chi connectivity index (χ4n) is 1.98. The van der Waals surface area contributed by atoms with E-state index in [0.29, 0.717) is 13.0 Å². The van der Waals surface area contributed by atoms with Crippen molar-refractivity contribution in [2.45, 2.75) is 25.5 Å². The third-order valence-corrected chi connectivity index (χ3v) is 2.89. The Morgan fingerprint density at radius 3 is 3.12 bits per heavy atom. The third kappa shape index (κ3) is 2.23. The van der Waals surface area contributed by atoms with Crippen molar-refractivity contribution in [1.29, 1.82) is 0 Å². The smallest absolute Gasteiger partial charge is 0.320 e. The van der Waals surface area contributed by atoms with Crippen LogP contribution in [0.15, 0.2) is 18.2 Å². The SMILES string of the molecule is NC(Cc1cccc2c1COCC2)C(=O)O. The molecule has 2 rings (SSSR count). The highest BCUT2D eigenvalue weighted by atomic mass is 16.5. The molecule has 0 bridgehead atoms. The molecule has 0 aliphatic carbocycles. The number of carbonyl (C=O) groups is 1. The number of nitrogens with two attached hydrogens (primary N) is 1. The number of fused-ring (bicyclic) bond motifs is 1. The standard InChI is InChI=1S/C12H15NO3/c13-11(12(14)15)6-9-3-1-2-8-4-5-16-7-10(8)9/h1-3,11H,4-7,13H2,(H,14,15). The van der Waals surface area contributed by atoms with Crippen LogP contribution >= 0.6 is 0 Å². The lowest BCUT2D eigenvalue weighted by Gasteiger charge is -2.20. The van der Waals surface area contributed by atoms with Gasteiger partial charge in [0.2, 0.25) is 0 Å². The molecule has 3 N–H and O–H groups in total. The molecule has 86 valence electrons. The van der Waals surface area contributed by atoms with Gasteiger partial charge in [0.05, 0.1) is 13.2 Å². The zero-order valence-corrected chi connectivity index (χ0v) is 8.98. The molecule has 0 amide bonds. The van der Waals surface area contributed by atoms with Crippen LogP contribution in [0, 0.1) is 0 Å². The van der Waals surface area contributed by atoms with E-state index in [9.17, 15) is 4.79 Å². The molecule has 0 saturated heterocycles. The van der Waals surface area contributed by atoms with Gasteiger partial charge in [-0.3, -0.25) is 4.79 Å². The maximum atomic E-state index is 10.7. The van der Waals surface area contributed by atoms with Gasteiger partial charge in [-0.1, -0.05) is 18.2 Å². The molecule has 1 aromatic carbocycles. The van der Waals surface area contributed by atoms with Gasteiger partial charge in [0.1, 0.15) is 6.04 Å². The molecule has 0 fully saturated rings. The molecule has 16 heavy (non-hydrogen) atoms. The number of carboxylic acids is 1. The second-order valence-corrected chi connectivity index (χ2v) is 4.01. The summed E-state index contributed by atoms with van der Waals surface area (Å²) >= 11 is 0. The van der Waals surface area contributed by atoms with Crippen molar-refractivity contribution in [2.75, 3.05) is 6.61 Å². The van der Waals surface area contributed by atoms with E-state index in [-0.39, 0.29) is 0 Å². The van der Waals surface area contributed by atoms with E-state index >= 15 is 0 Å². The molecule has 0 aromatic heterocycles. The molecule has 1 unspecified atom stereocenters. The van der Waals surface area contributed by atoms with Gasteiger partial charge in [-0.2, -0.15) is 0 Å². The van der Waals surface area contributed by atoms with Crippen LogP contribution in [0.2, 0.25) is 0 Å². The Morgan fingerprint density at radius 2 is 2.38 bits per heavy atom. The minimum absolute atomic E-state index is 0.363. The number of benzene rings is 1. The summed E-state index contributed by atoms with van der Waals surface area (Å²) in [7, 11) is 0. The summed E-state index contributed by atoms with van der Waals surface area (Å²) in [6.07, 6.45) is 1.26. The highest BCUT2D eigenvalue weighted by Gasteiger charge is 2.18. The van der Waals surface area contributed by atoms with Crippen molar-refractivity contribution in [3.63, 3.8) is 0 Å². The zero-order valence-electron chi connectivity index (χ0n) is 8.98. The predicted octanol–water partition coefficient (Wildman–Crippen LogP) is 0.714. The van der Waals surface area contributed by atoms with Crippen molar-refractivity contribution in [1.82, 2.24) is 0 Å².